The van der Waals surface area contributed by atoms with E-state index in [4.69, 9.17) is 34.8 Å². The molecule has 0 bridgehead atoms. The van der Waals surface area contributed by atoms with Crippen LogP contribution in [0.3, 0.4) is 0 Å². The molecule has 0 fully saturated rings. The molecular weight excluding hydrogens is 287 g/mol. The molecule has 3 heteroatoms. The summed E-state index contributed by atoms with van der Waals surface area (Å²) in [4.78, 5) is 0. The van der Waals surface area contributed by atoms with E-state index in [9.17, 15) is 0 Å². The Labute approximate surface area is 123 Å². The normalized spacial score (nSPS) is 10.5. The maximum Gasteiger partial charge on any atom is 0.216 e. The Morgan fingerprint density at radius 3 is 1.33 bits per heavy atom. The highest BCUT2D eigenvalue weighted by atomic mass is 35.6. The number of hydrogen-bond acceptors (Lipinski definition) is 0. The quantitative estimate of drug-likeness (QED) is 0.538. The van der Waals surface area contributed by atoms with Crippen LogP contribution in [-0.2, 0) is 3.79 Å². The van der Waals surface area contributed by atoms with Gasteiger partial charge in [0.25, 0.3) is 0 Å². The third kappa shape index (κ3) is 5.30. The zero-order valence-electron chi connectivity index (χ0n) is 10.3. The third-order valence-corrected chi connectivity index (χ3v) is 3.18. The number of hydrogen-bond donors (Lipinski definition) is 0. The zero-order valence-corrected chi connectivity index (χ0v) is 12.6. The van der Waals surface area contributed by atoms with Crippen LogP contribution in [0.4, 0.5) is 0 Å². The van der Waals surface area contributed by atoms with Crippen LogP contribution in [0.25, 0.3) is 0 Å². The molecule has 0 heterocycles. The van der Waals surface area contributed by atoms with Gasteiger partial charge in [-0.3, -0.25) is 0 Å². The molecule has 0 aromatic heterocycles. The summed E-state index contributed by atoms with van der Waals surface area (Å²) in [6.07, 6.45) is 0. The highest BCUT2D eigenvalue weighted by molar-refractivity contribution is 6.66. The molecule has 0 aliphatic heterocycles. The highest BCUT2D eigenvalue weighted by Gasteiger charge is 2.21. The van der Waals surface area contributed by atoms with Crippen LogP contribution in [-0.4, -0.2) is 0 Å². The minimum absolute atomic E-state index is 0.694. The Morgan fingerprint density at radius 1 is 0.667 bits per heavy atom. The number of benzene rings is 2. The second kappa shape index (κ2) is 7.04. The lowest BCUT2D eigenvalue weighted by Crippen LogP contribution is -1.98. The van der Waals surface area contributed by atoms with Crippen LogP contribution >= 0.6 is 34.8 Å². The Bertz CT molecular complexity index is 452. The van der Waals surface area contributed by atoms with Crippen molar-refractivity contribution in [3.63, 3.8) is 0 Å². The molecule has 2 aromatic rings. The molecule has 18 heavy (non-hydrogen) atoms. The van der Waals surface area contributed by atoms with Crippen LogP contribution in [0.2, 0.25) is 0 Å². The summed E-state index contributed by atoms with van der Waals surface area (Å²) in [7, 11) is 0. The van der Waals surface area contributed by atoms with E-state index in [1.54, 1.807) is 12.1 Å². The van der Waals surface area contributed by atoms with Gasteiger partial charge < -0.3 is 0 Å². The summed E-state index contributed by atoms with van der Waals surface area (Å²) >= 11 is 16.8. The van der Waals surface area contributed by atoms with Crippen LogP contribution in [0, 0.1) is 13.8 Å². The van der Waals surface area contributed by atoms with Gasteiger partial charge in [-0.25, -0.2) is 0 Å². The largest absolute Gasteiger partial charge is 0.216 e. The lowest BCUT2D eigenvalue weighted by Gasteiger charge is -2.09. The third-order valence-electron chi connectivity index (χ3n) is 2.53. The molecule has 2 rings (SSSR count). The topological polar surface area (TPSA) is 0 Å². The van der Waals surface area contributed by atoms with Crippen molar-refractivity contribution in [2.24, 2.45) is 0 Å². The fraction of sp³-hybridized carbons (Fsp3) is 0.200. The lowest BCUT2D eigenvalue weighted by molar-refractivity contribution is 1.24. The van der Waals surface area contributed by atoms with Crippen molar-refractivity contribution in [1.82, 2.24) is 0 Å². The fourth-order valence-electron chi connectivity index (χ4n) is 1.29. The summed E-state index contributed by atoms with van der Waals surface area (Å²) in [5, 5.41) is 0. The van der Waals surface area contributed by atoms with Gasteiger partial charge in [-0.15, -0.1) is 0 Å². The van der Waals surface area contributed by atoms with Gasteiger partial charge >= 0.3 is 0 Å². The summed E-state index contributed by atoms with van der Waals surface area (Å²) in [6.45, 7) is 4.24. The van der Waals surface area contributed by atoms with Gasteiger partial charge in [-0.2, -0.15) is 0 Å². The molecule has 0 nitrogen and oxygen atoms in total. The first-order valence-electron chi connectivity index (χ1n) is 5.55. The van der Waals surface area contributed by atoms with Crippen molar-refractivity contribution in [1.29, 1.82) is 0 Å². The standard InChI is InChI=1S/C8H10.C7H5Cl3/c1-7-5-3-4-6-8(7)2;8-7(9,10)6-4-2-1-3-5-6/h3-6H,1-2H3;1-5H. The van der Waals surface area contributed by atoms with Crippen LogP contribution in [0.1, 0.15) is 16.7 Å². The number of halogens is 3. The minimum Gasteiger partial charge on any atom is -0.0784 e. The molecule has 0 radical (unpaired) electrons. The second-order valence-electron chi connectivity index (χ2n) is 3.95. The predicted molar refractivity (Wildman–Crippen MR) is 81.6 cm³/mol. The predicted octanol–water partition coefficient (Wildman–Crippen LogP) is 5.82. The van der Waals surface area contributed by atoms with E-state index in [1.807, 2.05) is 18.2 Å². The van der Waals surface area contributed by atoms with E-state index in [0.29, 0.717) is 5.56 Å². The molecular formula is C15H15Cl3. The van der Waals surface area contributed by atoms with Gasteiger partial charge in [-0.05, 0) is 25.0 Å². The first kappa shape index (κ1) is 15.4. The Hall–Kier alpha value is -0.690. The molecule has 0 saturated heterocycles. The molecule has 0 N–H and O–H groups in total. The minimum atomic E-state index is -1.29. The van der Waals surface area contributed by atoms with Crippen molar-refractivity contribution in [3.8, 4) is 0 Å². The van der Waals surface area contributed by atoms with Gasteiger partial charge in [0, 0.05) is 5.56 Å². The molecule has 0 atom stereocenters. The van der Waals surface area contributed by atoms with Crippen LogP contribution in [0.15, 0.2) is 54.6 Å². The molecule has 0 spiro atoms. The smallest absolute Gasteiger partial charge is 0.0784 e. The van der Waals surface area contributed by atoms with E-state index in [1.165, 1.54) is 11.1 Å². The summed E-state index contributed by atoms with van der Waals surface area (Å²) in [5.74, 6) is 0. The first-order chi connectivity index (χ1) is 8.41. The average molecular weight is 302 g/mol. The maximum atomic E-state index is 5.59. The van der Waals surface area contributed by atoms with E-state index >= 15 is 0 Å². The van der Waals surface area contributed by atoms with Gasteiger partial charge in [0.2, 0.25) is 3.79 Å². The van der Waals surface area contributed by atoms with Crippen molar-refractivity contribution in [2.45, 2.75) is 17.6 Å². The number of alkyl halides is 3. The van der Waals surface area contributed by atoms with Crippen LogP contribution in [0.5, 0.6) is 0 Å². The molecule has 0 unspecified atom stereocenters. The van der Waals surface area contributed by atoms with Gasteiger partial charge in [0.1, 0.15) is 0 Å². The van der Waals surface area contributed by atoms with Crippen molar-refractivity contribution >= 4 is 34.8 Å². The lowest BCUT2D eigenvalue weighted by atomic mass is 10.1. The van der Waals surface area contributed by atoms with E-state index in [2.05, 4.69) is 38.1 Å². The van der Waals surface area contributed by atoms with Crippen LogP contribution < -0.4 is 0 Å². The van der Waals surface area contributed by atoms with Crippen molar-refractivity contribution < 1.29 is 0 Å². The Kier molecular flexibility index (Phi) is 6.01. The van der Waals surface area contributed by atoms with Gasteiger partial charge in [-0.1, -0.05) is 89.4 Å². The molecule has 96 valence electrons. The van der Waals surface area contributed by atoms with Crippen molar-refractivity contribution in [3.05, 3.63) is 71.3 Å². The molecule has 0 aliphatic carbocycles. The summed E-state index contributed by atoms with van der Waals surface area (Å²) in [5.41, 5.74) is 3.43. The van der Waals surface area contributed by atoms with Crippen molar-refractivity contribution in [2.75, 3.05) is 0 Å². The van der Waals surface area contributed by atoms with E-state index < -0.39 is 3.79 Å². The Balaban J connectivity index is 0.000000184. The molecule has 2 aromatic carbocycles. The SMILES string of the molecule is Cc1ccccc1C.ClC(Cl)(Cl)c1ccccc1. The molecule has 0 saturated carbocycles. The molecule has 0 amide bonds. The average Bonchev–Trinajstić information content (AvgIpc) is 2.34. The van der Waals surface area contributed by atoms with E-state index in [-0.39, 0.29) is 0 Å². The van der Waals surface area contributed by atoms with Gasteiger partial charge in [0.05, 0.1) is 0 Å². The van der Waals surface area contributed by atoms with E-state index in [0.717, 1.165) is 0 Å². The number of aryl methyl sites for hydroxylation is 2. The fourth-order valence-corrected chi connectivity index (χ4v) is 1.67. The van der Waals surface area contributed by atoms with Gasteiger partial charge in [0.15, 0.2) is 0 Å². The summed E-state index contributed by atoms with van der Waals surface area (Å²) < 4.78 is -1.29. The number of rotatable bonds is 0. The summed E-state index contributed by atoms with van der Waals surface area (Å²) in [6, 6.07) is 17.4. The highest BCUT2D eigenvalue weighted by Crippen LogP contribution is 2.37. The second-order valence-corrected chi connectivity index (χ2v) is 6.23. The Morgan fingerprint density at radius 2 is 1.06 bits per heavy atom. The maximum absolute atomic E-state index is 5.59. The first-order valence-corrected chi connectivity index (χ1v) is 6.69. The monoisotopic (exact) mass is 300 g/mol. The zero-order chi connectivity index (χ0) is 13.6. The molecule has 0 aliphatic rings.